The molecule has 0 amide bonds. The second-order valence-corrected chi connectivity index (χ2v) is 26.4. The molecule has 13 heteroatoms. The van der Waals surface area contributed by atoms with Crippen molar-refractivity contribution in [2.24, 2.45) is 0 Å². The predicted octanol–water partition coefficient (Wildman–Crippen LogP) is -9.63. The van der Waals surface area contributed by atoms with E-state index in [1.54, 1.807) is 0 Å². The Bertz CT molecular complexity index is 159. The summed E-state index contributed by atoms with van der Waals surface area (Å²) in [7, 11) is 0. The van der Waals surface area contributed by atoms with E-state index in [0.717, 1.165) is 11.0 Å². The minimum Gasteiger partial charge on any atom is -0.760 e. The molecular formula is Li4P2S7. The predicted molar refractivity (Wildman–Crippen MR) is 65.6 cm³/mol. The summed E-state index contributed by atoms with van der Waals surface area (Å²) in [6.45, 7) is 0. The van der Waals surface area contributed by atoms with E-state index in [2.05, 4.69) is 0 Å². The van der Waals surface area contributed by atoms with Gasteiger partial charge in [0.2, 0.25) is 0 Å². The monoisotopic (exact) mass is 314 g/mol. The summed E-state index contributed by atoms with van der Waals surface area (Å²) in [5, 5.41) is 0. The molecule has 0 saturated heterocycles. The van der Waals surface area contributed by atoms with Crippen LogP contribution in [0.1, 0.15) is 0 Å². The van der Waals surface area contributed by atoms with Gasteiger partial charge in [0.05, 0.1) is 0 Å². The van der Waals surface area contributed by atoms with E-state index < -0.39 is 7.29 Å². The van der Waals surface area contributed by atoms with E-state index in [9.17, 15) is 0 Å². The van der Waals surface area contributed by atoms with Gasteiger partial charge in [-0.15, -0.1) is 23.6 Å². The van der Waals surface area contributed by atoms with Crippen LogP contribution in [0, 0.1) is 0 Å². The summed E-state index contributed by atoms with van der Waals surface area (Å²) in [4.78, 5) is 0. The Morgan fingerprint density at radius 3 is 0.846 bits per heavy atom. The molecule has 0 aliphatic heterocycles. The standard InChI is InChI=1S/4Li.H4P2S7/c;;;;3-1(4,5)9-2(6,7)8/h;;;;(H2,3,4,5)(H2,6,7,8)/q4*+1;/p-4. The zero-order valence-electron chi connectivity index (χ0n) is 7.75. The number of hydrogen-bond acceptors (Lipinski definition) is 7. The molecule has 0 unspecified atom stereocenters. The van der Waals surface area contributed by atoms with E-state index >= 15 is 0 Å². The van der Waals surface area contributed by atoms with Gasteiger partial charge in [-0.3, -0.25) is 0 Å². The van der Waals surface area contributed by atoms with E-state index in [-0.39, 0.29) is 75.4 Å². The molecule has 0 nitrogen and oxygen atoms in total. The first kappa shape index (κ1) is 31.0. The molecular weight excluding hydrogens is 314 g/mol. The van der Waals surface area contributed by atoms with Gasteiger partial charge in [0, 0.05) is 0 Å². The van der Waals surface area contributed by atoms with Gasteiger partial charge >= 0.3 is 75.4 Å². The van der Waals surface area contributed by atoms with Gasteiger partial charge in [0.1, 0.15) is 0 Å². The smallest absolute Gasteiger partial charge is 0.760 e. The summed E-state index contributed by atoms with van der Waals surface area (Å²) in [5.41, 5.74) is 0. The van der Waals surface area contributed by atoms with Crippen molar-refractivity contribution in [1.82, 2.24) is 0 Å². The molecule has 0 saturated carbocycles. The molecule has 0 aliphatic carbocycles. The van der Waals surface area contributed by atoms with Crippen molar-refractivity contribution in [3.05, 3.63) is 0 Å². The van der Waals surface area contributed by atoms with Crippen LogP contribution < -0.4 is 75.4 Å². The van der Waals surface area contributed by atoms with E-state index in [1.165, 1.54) is 0 Å². The van der Waals surface area contributed by atoms with E-state index in [1.807, 2.05) is 0 Å². The minimum atomic E-state index is -2.13. The summed E-state index contributed by atoms with van der Waals surface area (Å²) in [6, 6.07) is 0. The van der Waals surface area contributed by atoms with Gasteiger partial charge in [0.15, 0.2) is 0 Å². The van der Waals surface area contributed by atoms with Crippen molar-refractivity contribution in [2.45, 2.75) is 0 Å². The molecule has 0 radical (unpaired) electrons. The average molecular weight is 314 g/mol. The Kier molecular flexibility index (Phi) is 33.1. The largest absolute Gasteiger partial charge is 1.00 e. The molecule has 0 rings (SSSR count). The third-order valence-electron chi connectivity index (χ3n) is 0.200. The van der Waals surface area contributed by atoms with Crippen LogP contribution in [0.25, 0.3) is 0 Å². The second-order valence-electron chi connectivity index (χ2n) is 0.976. The Morgan fingerprint density at radius 2 is 0.846 bits per heavy atom. The normalized spacial score (nSPS) is 9.54. The summed E-state index contributed by atoms with van der Waals surface area (Å²) < 4.78 is -4.27. The SMILES string of the molecule is S=P([S-])([S-])SP(=S)([S-])[S-].[Li+].[Li+].[Li+].[Li+]. The first-order valence-electron chi connectivity index (χ1n) is 1.46. The van der Waals surface area contributed by atoms with Crippen LogP contribution in [0.4, 0.5) is 0 Å². The van der Waals surface area contributed by atoms with Gasteiger partial charge < -0.3 is 49.0 Å². The zero-order chi connectivity index (χ0) is 7.71. The van der Waals surface area contributed by atoms with Crippen LogP contribution in [-0.2, 0) is 72.6 Å². The van der Waals surface area contributed by atoms with Gasteiger partial charge in [0.25, 0.3) is 0 Å². The fourth-order valence-electron chi connectivity index (χ4n) is 0.122. The quantitative estimate of drug-likeness (QED) is 0.278. The maximum absolute atomic E-state index is 4.76. The third kappa shape index (κ3) is 31.8. The zero-order valence-corrected chi connectivity index (χ0v) is 15.3. The van der Waals surface area contributed by atoms with Crippen LogP contribution in [0.2, 0.25) is 0 Å². The Morgan fingerprint density at radius 1 is 0.692 bits per heavy atom. The molecule has 0 aromatic heterocycles. The first-order valence-corrected chi connectivity index (χ1v) is 13.1. The molecule has 0 aliphatic rings. The van der Waals surface area contributed by atoms with E-state index in [4.69, 9.17) is 72.6 Å². The van der Waals surface area contributed by atoms with Crippen molar-refractivity contribution >= 4 is 90.9 Å². The molecule has 0 aromatic rings. The molecule has 56 valence electrons. The fourth-order valence-corrected chi connectivity index (χ4v) is 29.8. The fraction of sp³-hybridized carbons (Fsp3) is 0. The van der Waals surface area contributed by atoms with Crippen LogP contribution >= 0.6 is 18.3 Å². The second kappa shape index (κ2) is 13.9. The van der Waals surface area contributed by atoms with Crippen LogP contribution in [0.15, 0.2) is 0 Å². The summed E-state index contributed by atoms with van der Waals surface area (Å²) in [6.07, 6.45) is 0. The molecule has 0 spiro atoms. The van der Waals surface area contributed by atoms with E-state index in [0.29, 0.717) is 0 Å². The Hall–Kier alpha value is 5.44. The van der Waals surface area contributed by atoms with Crippen LogP contribution in [-0.4, -0.2) is 0 Å². The van der Waals surface area contributed by atoms with Gasteiger partial charge in [-0.1, -0.05) is 0 Å². The maximum atomic E-state index is 4.76. The average Bonchev–Trinajstić information content (AvgIpc) is 1.14. The molecule has 13 heavy (non-hydrogen) atoms. The number of hydrogen-bond donors (Lipinski definition) is 0. The van der Waals surface area contributed by atoms with Crippen molar-refractivity contribution in [3.63, 3.8) is 0 Å². The molecule has 0 heterocycles. The Balaban J connectivity index is -0.0000000533. The molecule has 0 N–H and O–H groups in total. The number of rotatable bonds is 2. The first-order chi connectivity index (χ1) is 3.71. The van der Waals surface area contributed by atoms with Crippen LogP contribution in [0.3, 0.4) is 0 Å². The van der Waals surface area contributed by atoms with Crippen LogP contribution in [0.5, 0.6) is 0 Å². The molecule has 0 atom stereocenters. The Labute approximate surface area is 163 Å². The van der Waals surface area contributed by atoms with Crippen molar-refractivity contribution in [1.29, 1.82) is 0 Å². The van der Waals surface area contributed by atoms with Crippen molar-refractivity contribution < 1.29 is 75.4 Å². The molecule has 0 bridgehead atoms. The molecule has 0 aromatic carbocycles. The summed E-state index contributed by atoms with van der Waals surface area (Å²) in [5.74, 6) is 0. The van der Waals surface area contributed by atoms with Gasteiger partial charge in [-0.25, -0.2) is 7.29 Å². The minimum absolute atomic E-state index is 0. The molecule has 0 fully saturated rings. The van der Waals surface area contributed by atoms with Gasteiger partial charge in [-0.05, 0) is 0 Å². The van der Waals surface area contributed by atoms with Gasteiger partial charge in [-0.2, -0.15) is 11.0 Å². The topological polar surface area (TPSA) is 0 Å². The third-order valence-corrected chi connectivity index (χ3v) is 16.2. The maximum Gasteiger partial charge on any atom is 1.00 e. The summed E-state index contributed by atoms with van der Waals surface area (Å²) >= 11 is 29.7. The van der Waals surface area contributed by atoms with Crippen molar-refractivity contribution in [3.8, 4) is 0 Å². The van der Waals surface area contributed by atoms with Crippen molar-refractivity contribution in [2.75, 3.05) is 0 Å².